The number of methoxy groups -OCH3 is 1. The monoisotopic (exact) mass is 467 g/mol. The molecule has 0 fully saturated rings. The predicted octanol–water partition coefficient (Wildman–Crippen LogP) is 4.94. The topological polar surface area (TPSA) is 119 Å². The van der Waals surface area contributed by atoms with Gasteiger partial charge in [-0.1, -0.05) is 24.7 Å². The standard InChI is InChI=1S/C22H21N5O4S.CH4/c1-14-15(2)26-31-22(14)27-32(28,29)17-10-8-16(9-11-17)25-21-12-19(23-13-24-21)18-6-4-5-7-20(18)30-3;/h4-13,27H,1-3H3,(H,23,24,25);1H4. The molecular formula is C23H25N5O4S. The van der Waals surface area contributed by atoms with E-state index in [0.717, 1.165) is 5.56 Å². The Bertz CT molecular complexity index is 1350. The fourth-order valence-electron chi connectivity index (χ4n) is 2.99. The van der Waals surface area contributed by atoms with Crippen LogP contribution < -0.4 is 14.8 Å². The molecule has 0 saturated heterocycles. The number of aryl methyl sites for hydroxylation is 1. The van der Waals surface area contributed by atoms with Gasteiger partial charge in [-0.25, -0.2) is 23.1 Å². The van der Waals surface area contributed by atoms with Gasteiger partial charge in [-0.05, 0) is 50.2 Å². The van der Waals surface area contributed by atoms with Crippen molar-refractivity contribution in [2.75, 3.05) is 17.1 Å². The first-order chi connectivity index (χ1) is 15.4. The van der Waals surface area contributed by atoms with Crippen molar-refractivity contribution < 1.29 is 17.7 Å². The average Bonchev–Trinajstić information content (AvgIpc) is 3.11. The minimum atomic E-state index is -3.81. The van der Waals surface area contributed by atoms with E-state index in [2.05, 4.69) is 25.2 Å². The lowest BCUT2D eigenvalue weighted by Crippen LogP contribution is -2.13. The largest absolute Gasteiger partial charge is 0.496 e. The minimum absolute atomic E-state index is 0. The third kappa shape index (κ3) is 5.12. The minimum Gasteiger partial charge on any atom is -0.496 e. The number of anilines is 3. The number of para-hydroxylation sites is 1. The number of aromatic nitrogens is 3. The Morgan fingerprint density at radius 1 is 1.00 bits per heavy atom. The van der Waals surface area contributed by atoms with E-state index in [1.54, 1.807) is 39.2 Å². The molecule has 4 rings (SSSR count). The first kappa shape index (κ1) is 23.7. The van der Waals surface area contributed by atoms with Gasteiger partial charge in [0.1, 0.15) is 17.9 Å². The summed E-state index contributed by atoms with van der Waals surface area (Å²) in [6.45, 7) is 3.47. The first-order valence-electron chi connectivity index (χ1n) is 9.65. The van der Waals surface area contributed by atoms with Crippen molar-refractivity contribution in [2.45, 2.75) is 26.2 Å². The van der Waals surface area contributed by atoms with Gasteiger partial charge in [-0.15, -0.1) is 0 Å². The summed E-state index contributed by atoms with van der Waals surface area (Å²) in [6, 6.07) is 15.6. The van der Waals surface area contributed by atoms with Crippen LogP contribution in [-0.4, -0.2) is 30.7 Å². The van der Waals surface area contributed by atoms with E-state index < -0.39 is 10.0 Å². The Balaban J connectivity index is 0.00000306. The molecule has 33 heavy (non-hydrogen) atoms. The summed E-state index contributed by atoms with van der Waals surface area (Å²) in [6.07, 6.45) is 1.45. The number of ether oxygens (including phenoxy) is 1. The molecule has 0 amide bonds. The number of rotatable bonds is 7. The molecule has 2 heterocycles. The maximum atomic E-state index is 12.6. The summed E-state index contributed by atoms with van der Waals surface area (Å²) in [4.78, 5) is 8.66. The Morgan fingerprint density at radius 2 is 1.73 bits per heavy atom. The number of nitrogens with zero attached hydrogens (tertiary/aromatic N) is 3. The van der Waals surface area contributed by atoms with Crippen molar-refractivity contribution in [2.24, 2.45) is 0 Å². The average molecular weight is 468 g/mol. The van der Waals surface area contributed by atoms with Crippen LogP contribution in [0.25, 0.3) is 11.3 Å². The van der Waals surface area contributed by atoms with E-state index in [1.165, 1.54) is 18.5 Å². The van der Waals surface area contributed by atoms with Crippen LogP contribution in [0.2, 0.25) is 0 Å². The van der Waals surface area contributed by atoms with Crippen LogP contribution in [0.15, 0.2) is 70.3 Å². The molecule has 0 bridgehead atoms. The van der Waals surface area contributed by atoms with Crippen LogP contribution in [0.5, 0.6) is 5.75 Å². The summed E-state index contributed by atoms with van der Waals surface area (Å²) >= 11 is 0. The normalized spacial score (nSPS) is 10.9. The highest BCUT2D eigenvalue weighted by atomic mass is 32.2. The second kappa shape index (κ2) is 9.70. The number of nitrogens with one attached hydrogen (secondary N) is 2. The molecule has 9 nitrogen and oxygen atoms in total. The zero-order valence-corrected chi connectivity index (χ0v) is 18.5. The smallest absolute Gasteiger partial charge is 0.264 e. The van der Waals surface area contributed by atoms with Gasteiger partial charge in [0.2, 0.25) is 5.88 Å². The Kier molecular flexibility index (Phi) is 6.98. The van der Waals surface area contributed by atoms with Crippen molar-refractivity contribution >= 4 is 27.4 Å². The molecular weight excluding hydrogens is 442 g/mol. The fourth-order valence-corrected chi connectivity index (χ4v) is 4.03. The summed E-state index contributed by atoms with van der Waals surface area (Å²) in [7, 11) is -2.21. The van der Waals surface area contributed by atoms with E-state index in [0.29, 0.717) is 34.2 Å². The molecule has 0 aliphatic carbocycles. The van der Waals surface area contributed by atoms with Crippen LogP contribution in [0.1, 0.15) is 18.7 Å². The SMILES string of the molecule is C.COc1ccccc1-c1cc(Nc2ccc(S(=O)(=O)Nc3onc(C)c3C)cc2)ncn1. The summed E-state index contributed by atoms with van der Waals surface area (Å²) < 4.78 is 38.1. The van der Waals surface area contributed by atoms with Crippen molar-refractivity contribution in [3.63, 3.8) is 0 Å². The summed E-state index contributed by atoms with van der Waals surface area (Å²) in [5.74, 6) is 1.37. The third-order valence-corrected chi connectivity index (χ3v) is 6.22. The maximum absolute atomic E-state index is 12.6. The molecule has 0 unspecified atom stereocenters. The lowest BCUT2D eigenvalue weighted by atomic mass is 10.1. The van der Waals surface area contributed by atoms with Crippen LogP contribution in [0.4, 0.5) is 17.4 Å². The zero-order chi connectivity index (χ0) is 22.7. The third-order valence-electron chi connectivity index (χ3n) is 4.87. The molecule has 2 aromatic carbocycles. The quantitative estimate of drug-likeness (QED) is 0.392. The van der Waals surface area contributed by atoms with Crippen LogP contribution in [-0.2, 0) is 10.0 Å². The van der Waals surface area contributed by atoms with Gasteiger partial charge in [0.15, 0.2) is 0 Å². The zero-order valence-electron chi connectivity index (χ0n) is 17.7. The van der Waals surface area contributed by atoms with Gasteiger partial charge < -0.3 is 14.6 Å². The number of hydrogen-bond acceptors (Lipinski definition) is 8. The molecule has 4 aromatic rings. The number of sulfonamides is 1. The van der Waals surface area contributed by atoms with Gasteiger partial charge in [0, 0.05) is 22.9 Å². The molecule has 0 saturated carbocycles. The molecule has 0 aliphatic rings. The van der Waals surface area contributed by atoms with Gasteiger partial charge in [-0.2, -0.15) is 0 Å². The van der Waals surface area contributed by atoms with Gasteiger partial charge in [0.25, 0.3) is 10.0 Å². The van der Waals surface area contributed by atoms with Crippen LogP contribution in [0, 0.1) is 13.8 Å². The van der Waals surface area contributed by atoms with Crippen LogP contribution >= 0.6 is 0 Å². The lowest BCUT2D eigenvalue weighted by molar-refractivity contribution is 0.416. The second-order valence-corrected chi connectivity index (χ2v) is 8.65. The van der Waals surface area contributed by atoms with Crippen molar-refractivity contribution in [1.82, 2.24) is 15.1 Å². The summed E-state index contributed by atoms with van der Waals surface area (Å²) in [5, 5.41) is 6.92. The highest BCUT2D eigenvalue weighted by Gasteiger charge is 2.19. The fraction of sp³-hybridized carbons (Fsp3) is 0.174. The second-order valence-electron chi connectivity index (χ2n) is 6.97. The first-order valence-corrected chi connectivity index (χ1v) is 11.1. The molecule has 0 aliphatic heterocycles. The Morgan fingerprint density at radius 3 is 2.39 bits per heavy atom. The number of hydrogen-bond donors (Lipinski definition) is 2. The van der Waals surface area contributed by atoms with Gasteiger partial charge in [0.05, 0.1) is 23.4 Å². The molecule has 0 radical (unpaired) electrons. The van der Waals surface area contributed by atoms with Crippen LogP contribution in [0.3, 0.4) is 0 Å². The maximum Gasteiger partial charge on any atom is 0.264 e. The van der Waals surface area contributed by atoms with Gasteiger partial charge in [-0.3, -0.25) is 0 Å². The number of benzene rings is 2. The van der Waals surface area contributed by atoms with Crippen molar-refractivity contribution in [3.05, 3.63) is 72.2 Å². The lowest BCUT2D eigenvalue weighted by Gasteiger charge is -2.10. The molecule has 10 heteroatoms. The van der Waals surface area contributed by atoms with E-state index in [9.17, 15) is 8.42 Å². The van der Waals surface area contributed by atoms with E-state index in [-0.39, 0.29) is 18.2 Å². The predicted molar refractivity (Wildman–Crippen MR) is 127 cm³/mol. The Labute approximate surface area is 192 Å². The Hall–Kier alpha value is -3.92. The molecule has 0 spiro atoms. The summed E-state index contributed by atoms with van der Waals surface area (Å²) in [5.41, 5.74) is 3.47. The molecule has 2 aromatic heterocycles. The van der Waals surface area contributed by atoms with E-state index in [4.69, 9.17) is 9.26 Å². The highest BCUT2D eigenvalue weighted by molar-refractivity contribution is 7.92. The highest BCUT2D eigenvalue weighted by Crippen LogP contribution is 2.29. The van der Waals surface area contributed by atoms with Crippen molar-refractivity contribution in [1.29, 1.82) is 0 Å². The molecule has 2 N–H and O–H groups in total. The van der Waals surface area contributed by atoms with Gasteiger partial charge >= 0.3 is 0 Å². The van der Waals surface area contributed by atoms with Crippen molar-refractivity contribution in [3.8, 4) is 17.0 Å². The molecule has 172 valence electrons. The van der Waals surface area contributed by atoms with E-state index in [1.807, 2.05) is 24.3 Å². The molecule has 0 atom stereocenters. The van der Waals surface area contributed by atoms with E-state index >= 15 is 0 Å².